The number of benzene rings is 1. The average molecular weight is 334 g/mol. The number of carbonyl (C=O) groups excluding carboxylic acids is 1. The van der Waals surface area contributed by atoms with E-state index in [1.165, 1.54) is 6.08 Å². The summed E-state index contributed by atoms with van der Waals surface area (Å²) in [5.41, 5.74) is 0.843. The molecule has 2 heterocycles. The van der Waals surface area contributed by atoms with E-state index in [0.29, 0.717) is 5.02 Å². The van der Waals surface area contributed by atoms with E-state index >= 15 is 0 Å². The van der Waals surface area contributed by atoms with Gasteiger partial charge < -0.3 is 10.2 Å². The maximum absolute atomic E-state index is 12.0. The summed E-state index contributed by atoms with van der Waals surface area (Å²) < 4.78 is 0. The Morgan fingerprint density at radius 1 is 1.45 bits per heavy atom. The number of anilines is 1. The van der Waals surface area contributed by atoms with Gasteiger partial charge in [0.2, 0.25) is 5.91 Å². The van der Waals surface area contributed by atoms with Crippen molar-refractivity contribution >= 4 is 40.1 Å². The summed E-state index contributed by atoms with van der Waals surface area (Å²) in [4.78, 5) is 18.5. The third kappa shape index (κ3) is 3.67. The van der Waals surface area contributed by atoms with E-state index in [2.05, 4.69) is 15.2 Å². The summed E-state index contributed by atoms with van der Waals surface area (Å²) in [6.07, 6.45) is 6.02. The lowest BCUT2D eigenvalue weighted by Gasteiger charge is -2.15. The Morgan fingerprint density at radius 2 is 2.32 bits per heavy atom. The number of hydrogen-bond donors (Lipinski definition) is 1. The van der Waals surface area contributed by atoms with Crippen molar-refractivity contribution in [3.8, 4) is 0 Å². The predicted octanol–water partition coefficient (Wildman–Crippen LogP) is 3.20. The smallest absolute Gasteiger partial charge is 0.244 e. The SMILES string of the molecule is O=C(/C=C/c1ccccc1Cl)N[C@H]1CCN(c2nccs2)C1. The number of hydrogen-bond acceptors (Lipinski definition) is 4. The highest BCUT2D eigenvalue weighted by Crippen LogP contribution is 2.22. The first-order valence-corrected chi connectivity index (χ1v) is 8.35. The highest BCUT2D eigenvalue weighted by Gasteiger charge is 2.24. The summed E-state index contributed by atoms with van der Waals surface area (Å²) in [5, 5.41) is 6.65. The van der Waals surface area contributed by atoms with E-state index in [0.717, 1.165) is 30.2 Å². The largest absolute Gasteiger partial charge is 0.348 e. The Kier molecular flexibility index (Phi) is 4.75. The Morgan fingerprint density at radius 3 is 3.09 bits per heavy atom. The highest BCUT2D eigenvalue weighted by atomic mass is 35.5. The third-order valence-electron chi connectivity index (χ3n) is 3.54. The van der Waals surface area contributed by atoms with Crippen molar-refractivity contribution in [3.63, 3.8) is 0 Å². The average Bonchev–Trinajstić information content (AvgIpc) is 3.17. The molecule has 1 fully saturated rings. The molecule has 1 aromatic heterocycles. The van der Waals surface area contributed by atoms with Gasteiger partial charge in [-0.3, -0.25) is 4.79 Å². The van der Waals surface area contributed by atoms with E-state index in [9.17, 15) is 4.79 Å². The summed E-state index contributed by atoms with van der Waals surface area (Å²) in [5.74, 6) is -0.0918. The van der Waals surface area contributed by atoms with Gasteiger partial charge in [-0.05, 0) is 24.1 Å². The fraction of sp³-hybridized carbons (Fsp3) is 0.250. The van der Waals surface area contributed by atoms with Crippen LogP contribution >= 0.6 is 22.9 Å². The standard InChI is InChI=1S/C16H16ClN3OS/c17-14-4-2-1-3-12(14)5-6-15(21)19-13-7-9-20(11-13)16-18-8-10-22-16/h1-6,8,10,13H,7,9,11H2,(H,19,21)/b6-5+/t13-/m0/s1. The van der Waals surface area contributed by atoms with Crippen LogP contribution < -0.4 is 10.2 Å². The Hall–Kier alpha value is -1.85. The summed E-state index contributed by atoms with van der Waals surface area (Å²) in [6, 6.07) is 7.61. The molecule has 0 aliphatic carbocycles. The molecule has 0 spiro atoms. The lowest BCUT2D eigenvalue weighted by Crippen LogP contribution is -2.36. The van der Waals surface area contributed by atoms with Crippen LogP contribution in [0.4, 0.5) is 5.13 Å². The zero-order valence-electron chi connectivity index (χ0n) is 11.9. The van der Waals surface area contributed by atoms with Crippen molar-refractivity contribution in [2.45, 2.75) is 12.5 Å². The molecule has 1 aromatic carbocycles. The summed E-state index contributed by atoms with van der Waals surface area (Å²) in [7, 11) is 0. The zero-order chi connectivity index (χ0) is 15.4. The minimum atomic E-state index is -0.0918. The molecule has 22 heavy (non-hydrogen) atoms. The van der Waals surface area contributed by atoms with Crippen LogP contribution in [0, 0.1) is 0 Å². The van der Waals surface area contributed by atoms with Crippen LogP contribution in [0.2, 0.25) is 5.02 Å². The van der Waals surface area contributed by atoms with Crippen LogP contribution in [0.3, 0.4) is 0 Å². The van der Waals surface area contributed by atoms with Crippen molar-refractivity contribution in [1.29, 1.82) is 0 Å². The number of thiazole rings is 1. The second-order valence-corrected chi connectivity index (χ2v) is 6.39. The molecule has 6 heteroatoms. The van der Waals surface area contributed by atoms with Gasteiger partial charge in [0, 0.05) is 41.8 Å². The van der Waals surface area contributed by atoms with Gasteiger partial charge in [0.05, 0.1) is 0 Å². The third-order valence-corrected chi connectivity index (χ3v) is 4.72. The minimum absolute atomic E-state index is 0.0918. The van der Waals surface area contributed by atoms with Gasteiger partial charge in [-0.25, -0.2) is 4.98 Å². The number of rotatable bonds is 4. The first-order chi connectivity index (χ1) is 10.7. The first-order valence-electron chi connectivity index (χ1n) is 7.10. The van der Waals surface area contributed by atoms with Gasteiger partial charge in [0.15, 0.2) is 5.13 Å². The molecule has 114 valence electrons. The van der Waals surface area contributed by atoms with Crippen molar-refractivity contribution in [2.24, 2.45) is 0 Å². The number of aromatic nitrogens is 1. The zero-order valence-corrected chi connectivity index (χ0v) is 13.5. The van der Waals surface area contributed by atoms with E-state index in [1.807, 2.05) is 29.6 Å². The minimum Gasteiger partial charge on any atom is -0.348 e. The molecule has 1 saturated heterocycles. The number of halogens is 1. The van der Waals surface area contributed by atoms with Gasteiger partial charge in [-0.15, -0.1) is 11.3 Å². The second-order valence-electron chi connectivity index (χ2n) is 5.11. The molecule has 2 aromatic rings. The number of nitrogens with zero attached hydrogens (tertiary/aromatic N) is 2. The van der Waals surface area contributed by atoms with Crippen LogP contribution in [-0.2, 0) is 4.79 Å². The lowest BCUT2D eigenvalue weighted by molar-refractivity contribution is -0.117. The monoisotopic (exact) mass is 333 g/mol. The van der Waals surface area contributed by atoms with Crippen LogP contribution in [0.5, 0.6) is 0 Å². The molecule has 0 radical (unpaired) electrons. The molecular formula is C16H16ClN3OS. The molecule has 0 bridgehead atoms. The molecule has 1 atom stereocenters. The van der Waals surface area contributed by atoms with E-state index in [1.54, 1.807) is 23.6 Å². The topological polar surface area (TPSA) is 45.2 Å². The first kappa shape index (κ1) is 15.1. The molecule has 3 rings (SSSR count). The van der Waals surface area contributed by atoms with Crippen LogP contribution in [0.15, 0.2) is 41.9 Å². The molecule has 0 unspecified atom stereocenters. The number of amides is 1. The van der Waals surface area contributed by atoms with Crippen LogP contribution in [0.1, 0.15) is 12.0 Å². The van der Waals surface area contributed by atoms with Gasteiger partial charge in [0.25, 0.3) is 0 Å². The molecule has 1 N–H and O–H groups in total. The Labute approximate surface area is 138 Å². The number of carbonyl (C=O) groups is 1. The van der Waals surface area contributed by atoms with E-state index in [-0.39, 0.29) is 11.9 Å². The number of nitrogens with one attached hydrogen (secondary N) is 1. The van der Waals surface area contributed by atoms with E-state index in [4.69, 9.17) is 11.6 Å². The van der Waals surface area contributed by atoms with Crippen molar-refractivity contribution in [2.75, 3.05) is 18.0 Å². The van der Waals surface area contributed by atoms with Crippen molar-refractivity contribution in [1.82, 2.24) is 10.3 Å². The fourth-order valence-corrected chi connectivity index (χ4v) is 3.33. The van der Waals surface area contributed by atoms with E-state index < -0.39 is 0 Å². The fourth-order valence-electron chi connectivity index (χ4n) is 2.45. The van der Waals surface area contributed by atoms with Crippen molar-refractivity contribution in [3.05, 3.63) is 52.5 Å². The second kappa shape index (κ2) is 6.94. The van der Waals surface area contributed by atoms with Crippen molar-refractivity contribution < 1.29 is 4.79 Å². The Balaban J connectivity index is 1.54. The molecule has 0 saturated carbocycles. The molecule has 1 amide bonds. The van der Waals surface area contributed by atoms with Gasteiger partial charge >= 0.3 is 0 Å². The maximum Gasteiger partial charge on any atom is 0.244 e. The van der Waals surface area contributed by atoms with Gasteiger partial charge in [-0.1, -0.05) is 29.8 Å². The summed E-state index contributed by atoms with van der Waals surface area (Å²) >= 11 is 7.68. The molecular weight excluding hydrogens is 318 g/mol. The quantitative estimate of drug-likeness (QED) is 0.874. The lowest BCUT2D eigenvalue weighted by atomic mass is 10.2. The Bertz CT molecular complexity index is 672. The predicted molar refractivity (Wildman–Crippen MR) is 91.4 cm³/mol. The van der Waals surface area contributed by atoms with Gasteiger partial charge in [-0.2, -0.15) is 0 Å². The molecule has 1 aliphatic heterocycles. The van der Waals surface area contributed by atoms with Gasteiger partial charge in [0.1, 0.15) is 0 Å². The van der Waals surface area contributed by atoms with Crippen LogP contribution in [0.25, 0.3) is 6.08 Å². The normalized spacial score (nSPS) is 18.0. The van der Waals surface area contributed by atoms with Crippen LogP contribution in [-0.4, -0.2) is 30.0 Å². The molecule has 4 nitrogen and oxygen atoms in total. The highest BCUT2D eigenvalue weighted by molar-refractivity contribution is 7.13. The summed E-state index contributed by atoms with van der Waals surface area (Å²) in [6.45, 7) is 1.73. The molecule has 1 aliphatic rings. The maximum atomic E-state index is 12.0.